The highest BCUT2D eigenvalue weighted by atomic mass is 16.4. The van der Waals surface area contributed by atoms with Gasteiger partial charge in [-0.2, -0.15) is 0 Å². The SMILES string of the molecule is CCC(=CCNCC(=O)NC(C)(C)C)C(=O)O. The molecule has 0 rings (SSSR count). The lowest BCUT2D eigenvalue weighted by molar-refractivity contribution is -0.132. The van der Waals surface area contributed by atoms with E-state index in [0.29, 0.717) is 18.5 Å². The minimum atomic E-state index is -0.909. The van der Waals surface area contributed by atoms with E-state index in [2.05, 4.69) is 10.6 Å². The van der Waals surface area contributed by atoms with Crippen molar-refractivity contribution in [3.8, 4) is 0 Å². The number of rotatable bonds is 6. The van der Waals surface area contributed by atoms with Gasteiger partial charge in [0, 0.05) is 17.7 Å². The first kappa shape index (κ1) is 15.6. The number of carboxylic acid groups (broad SMARTS) is 1. The van der Waals surface area contributed by atoms with Gasteiger partial charge in [0.05, 0.1) is 6.54 Å². The van der Waals surface area contributed by atoms with Crippen LogP contribution in [0.2, 0.25) is 0 Å². The molecule has 5 nitrogen and oxygen atoms in total. The molecule has 98 valence electrons. The summed E-state index contributed by atoms with van der Waals surface area (Å²) in [7, 11) is 0. The van der Waals surface area contributed by atoms with Crippen molar-refractivity contribution in [1.29, 1.82) is 0 Å². The Kier molecular flexibility index (Phi) is 6.50. The van der Waals surface area contributed by atoms with Gasteiger partial charge in [-0.3, -0.25) is 4.79 Å². The van der Waals surface area contributed by atoms with Crippen LogP contribution in [0, 0.1) is 0 Å². The first-order valence-electron chi connectivity index (χ1n) is 5.70. The quantitative estimate of drug-likeness (QED) is 0.478. The zero-order chi connectivity index (χ0) is 13.5. The molecule has 0 aromatic heterocycles. The molecule has 0 radical (unpaired) electrons. The summed E-state index contributed by atoms with van der Waals surface area (Å²) in [6, 6.07) is 0. The van der Waals surface area contributed by atoms with Crippen molar-refractivity contribution >= 4 is 11.9 Å². The summed E-state index contributed by atoms with van der Waals surface area (Å²) in [6.07, 6.45) is 2.07. The highest BCUT2D eigenvalue weighted by Crippen LogP contribution is 1.99. The van der Waals surface area contributed by atoms with Crippen molar-refractivity contribution < 1.29 is 14.7 Å². The van der Waals surface area contributed by atoms with Gasteiger partial charge in [0.1, 0.15) is 0 Å². The number of amides is 1. The molecule has 0 aliphatic heterocycles. The van der Waals surface area contributed by atoms with Crippen molar-refractivity contribution in [3.05, 3.63) is 11.6 Å². The van der Waals surface area contributed by atoms with Gasteiger partial charge < -0.3 is 15.7 Å². The third-order valence-electron chi connectivity index (χ3n) is 1.95. The molecule has 1 amide bonds. The second-order valence-corrected chi connectivity index (χ2v) is 4.82. The smallest absolute Gasteiger partial charge is 0.331 e. The maximum Gasteiger partial charge on any atom is 0.331 e. The minimum absolute atomic E-state index is 0.0979. The first-order chi connectivity index (χ1) is 7.76. The predicted molar refractivity (Wildman–Crippen MR) is 66.8 cm³/mol. The van der Waals surface area contributed by atoms with Crippen LogP contribution in [0.4, 0.5) is 0 Å². The lowest BCUT2D eigenvalue weighted by atomic mass is 10.1. The van der Waals surface area contributed by atoms with Crippen LogP contribution in [-0.2, 0) is 9.59 Å². The van der Waals surface area contributed by atoms with Crippen molar-refractivity contribution in [2.45, 2.75) is 39.7 Å². The summed E-state index contributed by atoms with van der Waals surface area (Å²) in [5, 5.41) is 14.4. The fourth-order valence-electron chi connectivity index (χ4n) is 1.23. The first-order valence-corrected chi connectivity index (χ1v) is 5.70. The number of hydrogen-bond donors (Lipinski definition) is 3. The fraction of sp³-hybridized carbons (Fsp3) is 0.667. The van der Waals surface area contributed by atoms with Crippen LogP contribution in [0.1, 0.15) is 34.1 Å². The van der Waals surface area contributed by atoms with E-state index in [9.17, 15) is 9.59 Å². The van der Waals surface area contributed by atoms with Gasteiger partial charge in [0.15, 0.2) is 0 Å². The Morgan fingerprint density at radius 1 is 1.29 bits per heavy atom. The Bertz CT molecular complexity index is 303. The molecule has 17 heavy (non-hydrogen) atoms. The van der Waals surface area contributed by atoms with Crippen molar-refractivity contribution in [2.24, 2.45) is 0 Å². The highest BCUT2D eigenvalue weighted by Gasteiger charge is 2.12. The van der Waals surface area contributed by atoms with E-state index in [-0.39, 0.29) is 18.0 Å². The van der Waals surface area contributed by atoms with E-state index in [0.717, 1.165) is 0 Å². The number of carbonyl (C=O) groups excluding carboxylic acids is 1. The maximum absolute atomic E-state index is 11.4. The second-order valence-electron chi connectivity index (χ2n) is 4.82. The molecular formula is C12H22N2O3. The molecule has 5 heteroatoms. The molecule has 0 spiro atoms. The zero-order valence-corrected chi connectivity index (χ0v) is 11.0. The summed E-state index contributed by atoms with van der Waals surface area (Å²) in [4.78, 5) is 22.1. The van der Waals surface area contributed by atoms with Crippen LogP contribution in [-0.4, -0.2) is 35.6 Å². The average molecular weight is 242 g/mol. The highest BCUT2D eigenvalue weighted by molar-refractivity contribution is 5.86. The average Bonchev–Trinajstić information content (AvgIpc) is 2.14. The van der Waals surface area contributed by atoms with Crippen LogP contribution in [0.25, 0.3) is 0 Å². The molecule has 0 saturated heterocycles. The molecule has 0 unspecified atom stereocenters. The fourth-order valence-corrected chi connectivity index (χ4v) is 1.23. The van der Waals surface area contributed by atoms with E-state index in [4.69, 9.17) is 5.11 Å². The van der Waals surface area contributed by atoms with Gasteiger partial charge >= 0.3 is 5.97 Å². The van der Waals surface area contributed by atoms with Gasteiger partial charge in [-0.25, -0.2) is 4.79 Å². The summed E-state index contributed by atoms with van der Waals surface area (Å²) >= 11 is 0. The Morgan fingerprint density at radius 3 is 2.29 bits per heavy atom. The lowest BCUT2D eigenvalue weighted by Crippen LogP contribution is -2.44. The van der Waals surface area contributed by atoms with Crippen LogP contribution >= 0.6 is 0 Å². The number of carbonyl (C=O) groups is 2. The summed E-state index contributed by atoms with van der Waals surface area (Å²) in [5.74, 6) is -1.01. The third-order valence-corrected chi connectivity index (χ3v) is 1.95. The Morgan fingerprint density at radius 2 is 1.88 bits per heavy atom. The molecule has 0 aliphatic carbocycles. The Hall–Kier alpha value is -1.36. The van der Waals surface area contributed by atoms with Gasteiger partial charge in [0.2, 0.25) is 5.91 Å². The molecule has 0 atom stereocenters. The van der Waals surface area contributed by atoms with Crippen LogP contribution in [0.5, 0.6) is 0 Å². The van der Waals surface area contributed by atoms with Crippen LogP contribution < -0.4 is 10.6 Å². The molecule has 0 aliphatic rings. The molecule has 0 bridgehead atoms. The van der Waals surface area contributed by atoms with Gasteiger partial charge in [0.25, 0.3) is 0 Å². The Balaban J connectivity index is 3.92. The standard InChI is InChI=1S/C12H22N2O3/c1-5-9(11(16)17)6-7-13-8-10(15)14-12(2,3)4/h6,13H,5,7-8H2,1-4H3,(H,14,15)(H,16,17). The Labute approximate surface area is 102 Å². The van der Waals surface area contributed by atoms with E-state index in [1.165, 1.54) is 0 Å². The molecule has 0 aromatic rings. The van der Waals surface area contributed by atoms with Crippen molar-refractivity contribution in [3.63, 3.8) is 0 Å². The second kappa shape index (κ2) is 7.06. The molecule has 0 fully saturated rings. The predicted octanol–water partition coefficient (Wildman–Crippen LogP) is 0.912. The normalized spacial score (nSPS) is 12.4. The molecule has 3 N–H and O–H groups in total. The molecular weight excluding hydrogens is 220 g/mol. The van der Waals surface area contributed by atoms with E-state index in [1.54, 1.807) is 13.0 Å². The van der Waals surface area contributed by atoms with Crippen molar-refractivity contribution in [1.82, 2.24) is 10.6 Å². The monoisotopic (exact) mass is 242 g/mol. The van der Waals surface area contributed by atoms with E-state index in [1.807, 2.05) is 20.8 Å². The number of hydrogen-bond acceptors (Lipinski definition) is 3. The molecule has 0 saturated carbocycles. The molecule has 0 heterocycles. The number of aliphatic carboxylic acids is 1. The summed E-state index contributed by atoms with van der Waals surface area (Å²) in [5.41, 5.74) is 0.110. The topological polar surface area (TPSA) is 78.4 Å². The maximum atomic E-state index is 11.4. The number of carboxylic acids is 1. The summed E-state index contributed by atoms with van der Waals surface area (Å²) < 4.78 is 0. The zero-order valence-electron chi connectivity index (χ0n) is 11.0. The van der Waals surface area contributed by atoms with Crippen molar-refractivity contribution in [2.75, 3.05) is 13.1 Å². The van der Waals surface area contributed by atoms with E-state index >= 15 is 0 Å². The summed E-state index contributed by atoms with van der Waals surface area (Å²) in [6.45, 7) is 8.07. The van der Waals surface area contributed by atoms with Crippen LogP contribution in [0.3, 0.4) is 0 Å². The number of nitrogens with one attached hydrogen (secondary N) is 2. The van der Waals surface area contributed by atoms with Gasteiger partial charge in [-0.1, -0.05) is 13.0 Å². The third kappa shape index (κ3) is 8.45. The van der Waals surface area contributed by atoms with Gasteiger partial charge in [-0.15, -0.1) is 0 Å². The lowest BCUT2D eigenvalue weighted by Gasteiger charge is -2.20. The van der Waals surface area contributed by atoms with Crippen LogP contribution in [0.15, 0.2) is 11.6 Å². The largest absolute Gasteiger partial charge is 0.478 e. The van der Waals surface area contributed by atoms with E-state index < -0.39 is 5.97 Å². The van der Waals surface area contributed by atoms with Gasteiger partial charge in [-0.05, 0) is 27.2 Å². The molecule has 0 aromatic carbocycles. The minimum Gasteiger partial charge on any atom is -0.478 e.